The van der Waals surface area contributed by atoms with E-state index in [-0.39, 0.29) is 10.8 Å². The average molecular weight is 259 g/mol. The Balaban J connectivity index is 2.82. The predicted molar refractivity (Wildman–Crippen MR) is 80.5 cm³/mol. The first-order valence-electron chi connectivity index (χ1n) is 7.02. The Hall–Kier alpha value is -1.38. The molecule has 0 radical (unpaired) electrons. The van der Waals surface area contributed by atoms with Crippen molar-refractivity contribution in [3.05, 3.63) is 23.3 Å². The molecule has 104 valence electrons. The molecule has 0 aliphatic carbocycles. The number of hydrogen-bond donors (Lipinski definition) is 0. The molecule has 0 aliphatic rings. The summed E-state index contributed by atoms with van der Waals surface area (Å²) in [6.45, 7) is 13.5. The molecule has 1 aromatic carbocycles. The summed E-state index contributed by atoms with van der Waals surface area (Å²) in [6, 6.07) is 4.49. The topological polar surface area (TPSA) is 30.7 Å². The summed E-state index contributed by atoms with van der Waals surface area (Å²) in [7, 11) is 1.98. The van der Waals surface area contributed by atoms with Crippen LogP contribution in [-0.2, 0) is 17.9 Å². The molecular weight excluding hydrogens is 234 g/mol. The van der Waals surface area contributed by atoms with E-state index in [4.69, 9.17) is 0 Å². The molecule has 0 fully saturated rings. The fourth-order valence-electron chi connectivity index (χ4n) is 2.51. The van der Waals surface area contributed by atoms with Gasteiger partial charge in [-0.05, 0) is 28.4 Å². The van der Waals surface area contributed by atoms with Gasteiger partial charge in [0.2, 0.25) is 0 Å². The summed E-state index contributed by atoms with van der Waals surface area (Å²) < 4.78 is 1.91. The summed E-state index contributed by atoms with van der Waals surface area (Å²) >= 11 is 0. The Morgan fingerprint density at radius 1 is 1.05 bits per heavy atom. The molecule has 0 saturated carbocycles. The average Bonchev–Trinajstić information content (AvgIpc) is 2.69. The molecule has 0 unspecified atom stereocenters. The second kappa shape index (κ2) is 4.32. The minimum Gasteiger partial charge on any atom is -0.247 e. The van der Waals surface area contributed by atoms with Crippen LogP contribution in [0.4, 0.5) is 0 Å². The van der Waals surface area contributed by atoms with E-state index < -0.39 is 0 Å². The lowest BCUT2D eigenvalue weighted by Gasteiger charge is -2.26. The van der Waals surface area contributed by atoms with Crippen LogP contribution in [0.2, 0.25) is 0 Å². The molecule has 19 heavy (non-hydrogen) atoms. The van der Waals surface area contributed by atoms with E-state index in [2.05, 4.69) is 64.0 Å². The fraction of sp³-hybridized carbons (Fsp3) is 0.625. The normalized spacial score (nSPS) is 13.2. The maximum atomic E-state index is 4.41. The number of fused-ring (bicyclic) bond motifs is 1. The van der Waals surface area contributed by atoms with E-state index in [0.717, 1.165) is 11.9 Å². The Morgan fingerprint density at radius 2 is 1.63 bits per heavy atom. The van der Waals surface area contributed by atoms with Gasteiger partial charge in [0.15, 0.2) is 0 Å². The van der Waals surface area contributed by atoms with Gasteiger partial charge in [0.05, 0.1) is 5.52 Å². The highest BCUT2D eigenvalue weighted by Gasteiger charge is 2.27. The summed E-state index contributed by atoms with van der Waals surface area (Å²) in [5.41, 5.74) is 5.07. The first-order chi connectivity index (χ1) is 8.68. The molecule has 2 aromatic rings. The molecule has 0 aliphatic heterocycles. The van der Waals surface area contributed by atoms with Crippen molar-refractivity contribution in [3.8, 4) is 0 Å². The summed E-state index contributed by atoms with van der Waals surface area (Å²) in [5, 5.41) is 8.65. The zero-order valence-electron chi connectivity index (χ0n) is 13.2. The number of aromatic nitrogens is 3. The molecule has 0 spiro atoms. The summed E-state index contributed by atoms with van der Waals surface area (Å²) in [4.78, 5) is 0. The first-order valence-corrected chi connectivity index (χ1v) is 7.02. The van der Waals surface area contributed by atoms with Crippen molar-refractivity contribution in [3.63, 3.8) is 0 Å². The van der Waals surface area contributed by atoms with Crippen LogP contribution in [0.5, 0.6) is 0 Å². The van der Waals surface area contributed by atoms with Gasteiger partial charge < -0.3 is 0 Å². The van der Waals surface area contributed by atoms with Crippen LogP contribution < -0.4 is 0 Å². The molecule has 0 saturated heterocycles. The molecule has 0 amide bonds. The molecule has 3 heteroatoms. The largest absolute Gasteiger partial charge is 0.247 e. The SMILES string of the molecule is CCC(C)(C)c1ccc(C(C)(C)C)c2nnn(C)c12. The fourth-order valence-corrected chi connectivity index (χ4v) is 2.51. The molecule has 0 bridgehead atoms. The van der Waals surface area contributed by atoms with Crippen LogP contribution in [-0.4, -0.2) is 15.0 Å². The monoisotopic (exact) mass is 259 g/mol. The molecule has 0 N–H and O–H groups in total. The Kier molecular flexibility index (Phi) is 3.20. The molecule has 1 aromatic heterocycles. The van der Waals surface area contributed by atoms with Crippen molar-refractivity contribution >= 4 is 11.0 Å². The summed E-state index contributed by atoms with van der Waals surface area (Å²) in [5.74, 6) is 0. The minimum absolute atomic E-state index is 0.0865. The third kappa shape index (κ3) is 2.26. The highest BCUT2D eigenvalue weighted by Crippen LogP contribution is 2.36. The van der Waals surface area contributed by atoms with E-state index in [1.165, 1.54) is 16.6 Å². The van der Waals surface area contributed by atoms with Gasteiger partial charge in [-0.25, -0.2) is 4.68 Å². The van der Waals surface area contributed by atoms with Crippen LogP contribution in [0.1, 0.15) is 59.1 Å². The number of benzene rings is 1. The lowest BCUT2D eigenvalue weighted by Crippen LogP contribution is -2.19. The molecular formula is C16H25N3. The molecule has 1 heterocycles. The first kappa shape index (κ1) is 14.0. The van der Waals surface area contributed by atoms with Crippen molar-refractivity contribution in [2.75, 3.05) is 0 Å². The van der Waals surface area contributed by atoms with Gasteiger partial charge >= 0.3 is 0 Å². The van der Waals surface area contributed by atoms with Gasteiger partial charge in [0.1, 0.15) is 5.52 Å². The number of rotatable bonds is 2. The van der Waals surface area contributed by atoms with Gasteiger partial charge in [0, 0.05) is 7.05 Å². The van der Waals surface area contributed by atoms with Crippen LogP contribution >= 0.6 is 0 Å². The van der Waals surface area contributed by atoms with Crippen LogP contribution in [0.15, 0.2) is 12.1 Å². The van der Waals surface area contributed by atoms with Crippen LogP contribution in [0, 0.1) is 0 Å². The van der Waals surface area contributed by atoms with Crippen molar-refractivity contribution in [1.29, 1.82) is 0 Å². The predicted octanol–water partition coefficient (Wildman–Crippen LogP) is 3.95. The Morgan fingerprint density at radius 3 is 2.16 bits per heavy atom. The minimum atomic E-state index is 0.0865. The zero-order chi connectivity index (χ0) is 14.4. The maximum absolute atomic E-state index is 4.41. The van der Waals surface area contributed by atoms with E-state index in [1.54, 1.807) is 0 Å². The number of hydrogen-bond acceptors (Lipinski definition) is 2. The van der Waals surface area contributed by atoms with Crippen molar-refractivity contribution in [2.24, 2.45) is 7.05 Å². The Bertz CT molecular complexity index is 600. The van der Waals surface area contributed by atoms with Gasteiger partial charge in [0.25, 0.3) is 0 Å². The van der Waals surface area contributed by atoms with Crippen LogP contribution in [0.3, 0.4) is 0 Å². The quantitative estimate of drug-likeness (QED) is 0.817. The maximum Gasteiger partial charge on any atom is 0.117 e. The second-order valence-electron chi connectivity index (χ2n) is 7.06. The smallest absolute Gasteiger partial charge is 0.117 e. The van der Waals surface area contributed by atoms with Gasteiger partial charge in [-0.2, -0.15) is 0 Å². The van der Waals surface area contributed by atoms with Crippen LogP contribution in [0.25, 0.3) is 11.0 Å². The van der Waals surface area contributed by atoms with Crippen molar-refractivity contribution in [2.45, 2.75) is 58.8 Å². The van der Waals surface area contributed by atoms with E-state index in [1.807, 2.05) is 11.7 Å². The van der Waals surface area contributed by atoms with Crippen molar-refractivity contribution < 1.29 is 0 Å². The third-order valence-corrected chi connectivity index (χ3v) is 4.17. The molecule has 2 rings (SSSR count). The highest BCUT2D eigenvalue weighted by atomic mass is 15.4. The standard InChI is InChI=1S/C16H25N3/c1-8-16(5,6)12-10-9-11(15(2,3)4)13-14(12)19(7)18-17-13/h9-10H,8H2,1-7H3. The Labute approximate surface area is 116 Å². The number of aryl methyl sites for hydroxylation is 1. The van der Waals surface area contributed by atoms with Crippen molar-refractivity contribution in [1.82, 2.24) is 15.0 Å². The highest BCUT2D eigenvalue weighted by molar-refractivity contribution is 5.83. The number of nitrogens with zero attached hydrogens (tertiary/aromatic N) is 3. The molecule has 3 nitrogen and oxygen atoms in total. The lowest BCUT2D eigenvalue weighted by atomic mass is 9.78. The van der Waals surface area contributed by atoms with E-state index in [0.29, 0.717) is 0 Å². The van der Waals surface area contributed by atoms with E-state index in [9.17, 15) is 0 Å². The molecule has 0 atom stereocenters. The third-order valence-electron chi connectivity index (χ3n) is 4.17. The zero-order valence-corrected chi connectivity index (χ0v) is 13.2. The van der Waals surface area contributed by atoms with Gasteiger partial charge in [-0.1, -0.05) is 58.9 Å². The summed E-state index contributed by atoms with van der Waals surface area (Å²) in [6.07, 6.45) is 1.10. The van der Waals surface area contributed by atoms with Gasteiger partial charge in [-0.15, -0.1) is 5.10 Å². The van der Waals surface area contributed by atoms with Gasteiger partial charge in [-0.3, -0.25) is 0 Å². The lowest BCUT2D eigenvalue weighted by molar-refractivity contribution is 0.507. The van der Waals surface area contributed by atoms with E-state index >= 15 is 0 Å². The second-order valence-corrected chi connectivity index (χ2v) is 7.06.